The molecule has 0 spiro atoms. The topological polar surface area (TPSA) is 47.6 Å². The Bertz CT molecular complexity index is 493. The lowest BCUT2D eigenvalue weighted by atomic mass is 9.99. The van der Waals surface area contributed by atoms with Gasteiger partial charge in [0.2, 0.25) is 0 Å². The molecule has 0 saturated heterocycles. The summed E-state index contributed by atoms with van der Waals surface area (Å²) in [6.45, 7) is 11.2. The van der Waals surface area contributed by atoms with Gasteiger partial charge >= 0.3 is 0 Å². The molecule has 1 N–H and O–H groups in total. The van der Waals surface area contributed by atoms with E-state index in [4.69, 9.17) is 9.47 Å². The highest BCUT2D eigenvalue weighted by molar-refractivity contribution is 5.97. The first kappa shape index (κ1) is 19.5. The van der Waals surface area contributed by atoms with Crippen LogP contribution in [-0.2, 0) is 9.53 Å². The maximum Gasteiger partial charge on any atom is 0.256 e. The molecule has 0 aliphatic carbocycles. The molecule has 4 nitrogen and oxygen atoms in total. The highest BCUT2D eigenvalue weighted by Gasteiger charge is 2.32. The van der Waals surface area contributed by atoms with Gasteiger partial charge in [-0.3, -0.25) is 4.79 Å². The summed E-state index contributed by atoms with van der Waals surface area (Å²) in [6, 6.07) is 5.74. The first-order valence-electron chi connectivity index (χ1n) is 8.65. The first-order valence-corrected chi connectivity index (χ1v) is 8.65. The fourth-order valence-electron chi connectivity index (χ4n) is 2.53. The second-order valence-electron chi connectivity index (χ2n) is 6.05. The number of aryl methyl sites for hydroxylation is 1. The maximum atomic E-state index is 12.6. The van der Waals surface area contributed by atoms with Crippen LogP contribution in [0.1, 0.15) is 58.9 Å². The van der Waals surface area contributed by atoms with E-state index in [1.54, 1.807) is 0 Å². The molecule has 0 aliphatic rings. The fourth-order valence-corrected chi connectivity index (χ4v) is 2.53. The smallest absolute Gasteiger partial charge is 0.256 e. The summed E-state index contributed by atoms with van der Waals surface area (Å²) in [5.74, 6) is 0.776. The Hall–Kier alpha value is -1.55. The van der Waals surface area contributed by atoms with Crippen LogP contribution in [-0.4, -0.2) is 24.7 Å². The van der Waals surface area contributed by atoms with Gasteiger partial charge in [-0.15, -0.1) is 0 Å². The zero-order valence-corrected chi connectivity index (χ0v) is 15.2. The summed E-state index contributed by atoms with van der Waals surface area (Å²) in [6.07, 6.45) is 3.75. The SMILES string of the molecule is CCCCOc1ccc(NC(=O)[C@@](C)(CCC)OCC)cc1C. The standard InChI is InChI=1S/C19H31NO3/c1-6-9-13-22-17-11-10-16(14-15(17)4)20-18(21)19(5,12-7-2)23-8-3/h10-11,14H,6-9,12-13H2,1-5H3,(H,20,21)/t19-/m1/s1. The van der Waals surface area contributed by atoms with E-state index >= 15 is 0 Å². The lowest BCUT2D eigenvalue weighted by Crippen LogP contribution is -2.42. The van der Waals surface area contributed by atoms with Gasteiger partial charge in [-0.25, -0.2) is 0 Å². The molecule has 0 radical (unpaired) electrons. The Balaban J connectivity index is 2.76. The van der Waals surface area contributed by atoms with Crippen molar-refractivity contribution in [3.05, 3.63) is 23.8 Å². The van der Waals surface area contributed by atoms with Gasteiger partial charge < -0.3 is 14.8 Å². The monoisotopic (exact) mass is 321 g/mol. The van der Waals surface area contributed by atoms with Crippen LogP contribution in [0.2, 0.25) is 0 Å². The number of amides is 1. The van der Waals surface area contributed by atoms with Gasteiger partial charge in [0.1, 0.15) is 11.4 Å². The highest BCUT2D eigenvalue weighted by Crippen LogP contribution is 2.25. The summed E-state index contributed by atoms with van der Waals surface area (Å²) in [5, 5.41) is 2.97. The Kier molecular flexibility index (Phi) is 8.10. The highest BCUT2D eigenvalue weighted by atomic mass is 16.5. The minimum absolute atomic E-state index is 0.0970. The molecule has 1 amide bonds. The molecular weight excluding hydrogens is 290 g/mol. The normalized spacial score (nSPS) is 13.4. The molecule has 4 heteroatoms. The molecule has 0 bridgehead atoms. The maximum absolute atomic E-state index is 12.6. The number of hydrogen-bond acceptors (Lipinski definition) is 3. The lowest BCUT2D eigenvalue weighted by Gasteiger charge is -2.28. The summed E-state index contributed by atoms with van der Waals surface area (Å²) in [5.41, 5.74) is 1.01. The van der Waals surface area contributed by atoms with Gasteiger partial charge in [-0.2, -0.15) is 0 Å². The van der Waals surface area contributed by atoms with Crippen molar-refractivity contribution in [2.45, 2.75) is 65.9 Å². The second-order valence-corrected chi connectivity index (χ2v) is 6.05. The predicted octanol–water partition coefficient (Wildman–Crippen LogP) is 4.71. The summed E-state index contributed by atoms with van der Waals surface area (Å²) >= 11 is 0. The Morgan fingerprint density at radius 3 is 2.52 bits per heavy atom. The fraction of sp³-hybridized carbons (Fsp3) is 0.632. The molecule has 0 fully saturated rings. The van der Waals surface area contributed by atoms with E-state index in [2.05, 4.69) is 19.2 Å². The summed E-state index contributed by atoms with van der Waals surface area (Å²) in [4.78, 5) is 12.6. The molecule has 130 valence electrons. The average molecular weight is 321 g/mol. The first-order chi connectivity index (χ1) is 11.0. The third kappa shape index (κ3) is 5.87. The number of benzene rings is 1. The molecule has 1 aromatic rings. The Morgan fingerprint density at radius 1 is 1.22 bits per heavy atom. The largest absolute Gasteiger partial charge is 0.493 e. The van der Waals surface area contributed by atoms with E-state index in [1.165, 1.54) is 0 Å². The third-order valence-electron chi connectivity index (χ3n) is 3.86. The van der Waals surface area contributed by atoms with Crippen molar-refractivity contribution in [2.24, 2.45) is 0 Å². The van der Waals surface area contributed by atoms with Gasteiger partial charge in [0.15, 0.2) is 0 Å². The van der Waals surface area contributed by atoms with E-state index in [0.29, 0.717) is 13.0 Å². The van der Waals surface area contributed by atoms with E-state index in [-0.39, 0.29) is 5.91 Å². The third-order valence-corrected chi connectivity index (χ3v) is 3.86. The number of anilines is 1. The average Bonchev–Trinajstić information content (AvgIpc) is 2.50. The van der Waals surface area contributed by atoms with Crippen molar-refractivity contribution in [2.75, 3.05) is 18.5 Å². The van der Waals surface area contributed by atoms with Gasteiger partial charge in [0.05, 0.1) is 6.61 Å². The Labute approximate surface area is 140 Å². The number of carbonyl (C=O) groups is 1. The number of nitrogens with one attached hydrogen (secondary N) is 1. The van der Waals surface area contributed by atoms with Crippen LogP contribution >= 0.6 is 0 Å². The van der Waals surface area contributed by atoms with Crippen LogP contribution in [0.4, 0.5) is 5.69 Å². The van der Waals surface area contributed by atoms with Crippen LogP contribution in [0.3, 0.4) is 0 Å². The number of carbonyl (C=O) groups excluding carboxylic acids is 1. The van der Waals surface area contributed by atoms with Gasteiger partial charge in [0.25, 0.3) is 5.91 Å². The van der Waals surface area contributed by atoms with Gasteiger partial charge in [-0.1, -0.05) is 26.7 Å². The molecule has 1 aromatic carbocycles. The van der Waals surface area contributed by atoms with E-state index < -0.39 is 5.60 Å². The van der Waals surface area contributed by atoms with Gasteiger partial charge in [0, 0.05) is 12.3 Å². The molecular formula is C19H31NO3. The quantitative estimate of drug-likeness (QED) is 0.635. The number of hydrogen-bond donors (Lipinski definition) is 1. The zero-order chi connectivity index (χ0) is 17.3. The van der Waals surface area contributed by atoms with Crippen LogP contribution in [0.15, 0.2) is 18.2 Å². The predicted molar refractivity (Wildman–Crippen MR) is 95.2 cm³/mol. The minimum Gasteiger partial charge on any atom is -0.493 e. The molecule has 0 heterocycles. The van der Waals surface area contributed by atoms with Crippen molar-refractivity contribution < 1.29 is 14.3 Å². The van der Waals surface area contributed by atoms with Crippen LogP contribution in [0.25, 0.3) is 0 Å². The molecule has 0 aliphatic heterocycles. The van der Waals surface area contributed by atoms with Crippen LogP contribution < -0.4 is 10.1 Å². The van der Waals surface area contributed by atoms with Crippen molar-refractivity contribution in [1.82, 2.24) is 0 Å². The van der Waals surface area contributed by atoms with Crippen molar-refractivity contribution in [1.29, 1.82) is 0 Å². The molecule has 0 aromatic heterocycles. The molecule has 0 saturated carbocycles. The van der Waals surface area contributed by atoms with Crippen LogP contribution in [0, 0.1) is 6.92 Å². The van der Waals surface area contributed by atoms with Crippen molar-refractivity contribution >= 4 is 11.6 Å². The van der Waals surface area contributed by atoms with Crippen molar-refractivity contribution in [3.8, 4) is 5.75 Å². The van der Waals surface area contributed by atoms with Crippen molar-refractivity contribution in [3.63, 3.8) is 0 Å². The van der Waals surface area contributed by atoms with E-state index in [1.807, 2.05) is 39.0 Å². The molecule has 0 unspecified atom stereocenters. The lowest BCUT2D eigenvalue weighted by molar-refractivity contribution is -0.139. The zero-order valence-electron chi connectivity index (χ0n) is 15.2. The number of unbranched alkanes of at least 4 members (excludes halogenated alkanes) is 1. The van der Waals surface area contributed by atoms with E-state index in [9.17, 15) is 4.79 Å². The number of rotatable bonds is 10. The van der Waals surface area contributed by atoms with E-state index in [0.717, 1.165) is 42.9 Å². The van der Waals surface area contributed by atoms with Crippen LogP contribution in [0.5, 0.6) is 5.75 Å². The van der Waals surface area contributed by atoms with Gasteiger partial charge in [-0.05, 0) is 57.4 Å². The summed E-state index contributed by atoms with van der Waals surface area (Å²) < 4.78 is 11.4. The Morgan fingerprint density at radius 2 is 1.96 bits per heavy atom. The second kappa shape index (κ2) is 9.56. The summed E-state index contributed by atoms with van der Waals surface area (Å²) in [7, 11) is 0. The molecule has 1 atom stereocenters. The molecule has 23 heavy (non-hydrogen) atoms. The molecule has 1 rings (SSSR count). The minimum atomic E-state index is -0.784. The number of ether oxygens (including phenoxy) is 2.